The first-order chi connectivity index (χ1) is 7.56. The number of carbonyl (C=O) groups is 1. The van der Waals surface area contributed by atoms with Crippen LogP contribution < -0.4 is 5.32 Å². The highest BCUT2D eigenvalue weighted by molar-refractivity contribution is 7.18. The van der Waals surface area contributed by atoms with Gasteiger partial charge in [0.2, 0.25) is 5.91 Å². The Labute approximate surface area is 102 Å². The zero-order valence-electron chi connectivity index (χ0n) is 8.95. The Morgan fingerprint density at radius 1 is 1.56 bits per heavy atom. The van der Waals surface area contributed by atoms with E-state index in [-0.39, 0.29) is 5.91 Å². The molecule has 0 aliphatic carbocycles. The average Bonchev–Trinajstić information content (AvgIpc) is 2.57. The Morgan fingerprint density at radius 3 is 3.00 bits per heavy atom. The molecule has 5 heteroatoms. The van der Waals surface area contributed by atoms with E-state index in [0.29, 0.717) is 0 Å². The van der Waals surface area contributed by atoms with Crippen LogP contribution in [0, 0.1) is 6.92 Å². The van der Waals surface area contributed by atoms with Crippen molar-refractivity contribution in [3.05, 3.63) is 23.2 Å². The maximum absolute atomic E-state index is 11.4. The fraction of sp³-hybridized carbons (Fsp3) is 0.273. The van der Waals surface area contributed by atoms with Crippen LogP contribution in [0.3, 0.4) is 0 Å². The van der Waals surface area contributed by atoms with Crippen molar-refractivity contribution < 1.29 is 4.79 Å². The van der Waals surface area contributed by atoms with Gasteiger partial charge in [0.25, 0.3) is 0 Å². The number of aromatic nitrogens is 1. The van der Waals surface area contributed by atoms with E-state index in [1.165, 1.54) is 0 Å². The van der Waals surface area contributed by atoms with Gasteiger partial charge in [-0.25, -0.2) is 4.98 Å². The summed E-state index contributed by atoms with van der Waals surface area (Å²) in [4.78, 5) is 15.7. The van der Waals surface area contributed by atoms with Gasteiger partial charge in [0.05, 0.1) is 15.2 Å². The lowest BCUT2D eigenvalue weighted by atomic mass is 10.3. The van der Waals surface area contributed by atoms with Gasteiger partial charge in [-0.1, -0.05) is 0 Å². The minimum Gasteiger partial charge on any atom is -0.325 e. The molecule has 3 nitrogen and oxygen atoms in total. The van der Waals surface area contributed by atoms with Crippen molar-refractivity contribution in [1.29, 1.82) is 0 Å². The molecular formula is C11H11ClN2OS. The highest BCUT2D eigenvalue weighted by atomic mass is 35.5. The van der Waals surface area contributed by atoms with Gasteiger partial charge in [0.1, 0.15) is 5.38 Å². The van der Waals surface area contributed by atoms with E-state index >= 15 is 0 Å². The fourth-order valence-electron chi connectivity index (χ4n) is 1.36. The minimum atomic E-state index is -0.529. The topological polar surface area (TPSA) is 42.0 Å². The van der Waals surface area contributed by atoms with E-state index in [1.807, 2.05) is 25.1 Å². The van der Waals surface area contributed by atoms with Crippen LogP contribution in [0.5, 0.6) is 0 Å². The Bertz CT molecular complexity index is 536. The number of alkyl halides is 1. The molecule has 1 aromatic carbocycles. The standard InChI is InChI=1S/C11H11ClN2OS/c1-6(12)11(15)14-8-3-4-9-10(5-8)16-7(2)13-9/h3-6H,1-2H3,(H,14,15). The molecule has 0 radical (unpaired) electrons. The zero-order valence-corrected chi connectivity index (χ0v) is 10.5. The Morgan fingerprint density at radius 2 is 2.31 bits per heavy atom. The maximum atomic E-state index is 11.4. The molecule has 0 saturated heterocycles. The van der Waals surface area contributed by atoms with Crippen molar-refractivity contribution in [2.75, 3.05) is 5.32 Å². The SMILES string of the molecule is Cc1nc2ccc(NC(=O)C(C)Cl)cc2s1. The number of aryl methyl sites for hydroxylation is 1. The monoisotopic (exact) mass is 254 g/mol. The first-order valence-electron chi connectivity index (χ1n) is 4.88. The van der Waals surface area contributed by atoms with E-state index in [0.717, 1.165) is 20.9 Å². The second-order valence-corrected chi connectivity index (χ2v) is 5.41. The van der Waals surface area contributed by atoms with Crippen LogP contribution in [0.2, 0.25) is 0 Å². The number of anilines is 1. The number of benzene rings is 1. The van der Waals surface area contributed by atoms with Gasteiger partial charge >= 0.3 is 0 Å². The quantitative estimate of drug-likeness (QED) is 0.837. The van der Waals surface area contributed by atoms with Crippen molar-refractivity contribution in [3.8, 4) is 0 Å². The Kier molecular flexibility index (Phi) is 3.12. The van der Waals surface area contributed by atoms with Crippen LogP contribution in [0.25, 0.3) is 10.2 Å². The number of hydrogen-bond acceptors (Lipinski definition) is 3. The molecule has 1 atom stereocenters. The molecule has 0 bridgehead atoms. The number of amides is 1. The van der Waals surface area contributed by atoms with Crippen molar-refractivity contribution in [1.82, 2.24) is 4.98 Å². The van der Waals surface area contributed by atoms with E-state index in [1.54, 1.807) is 18.3 Å². The molecule has 2 aromatic rings. The lowest BCUT2D eigenvalue weighted by Crippen LogP contribution is -2.20. The number of fused-ring (bicyclic) bond motifs is 1. The number of carbonyl (C=O) groups excluding carboxylic acids is 1. The van der Waals surface area contributed by atoms with Crippen molar-refractivity contribution in [2.24, 2.45) is 0 Å². The van der Waals surface area contributed by atoms with Crippen LogP contribution in [-0.2, 0) is 4.79 Å². The molecule has 1 amide bonds. The van der Waals surface area contributed by atoms with Crippen molar-refractivity contribution >= 4 is 44.7 Å². The van der Waals surface area contributed by atoms with Crippen molar-refractivity contribution in [3.63, 3.8) is 0 Å². The van der Waals surface area contributed by atoms with E-state index in [2.05, 4.69) is 10.3 Å². The normalized spacial score (nSPS) is 12.7. The molecule has 2 rings (SSSR count). The van der Waals surface area contributed by atoms with Crippen LogP contribution in [0.4, 0.5) is 5.69 Å². The van der Waals surface area contributed by atoms with Crippen LogP contribution in [-0.4, -0.2) is 16.3 Å². The smallest absolute Gasteiger partial charge is 0.242 e. The summed E-state index contributed by atoms with van der Waals surface area (Å²) < 4.78 is 1.07. The summed E-state index contributed by atoms with van der Waals surface area (Å²) in [5, 5.41) is 3.24. The zero-order chi connectivity index (χ0) is 11.7. The summed E-state index contributed by atoms with van der Waals surface area (Å²) in [5.74, 6) is -0.192. The number of rotatable bonds is 2. The molecule has 0 fully saturated rings. The molecular weight excluding hydrogens is 244 g/mol. The second-order valence-electron chi connectivity index (χ2n) is 3.52. The summed E-state index contributed by atoms with van der Waals surface area (Å²) in [7, 11) is 0. The lowest BCUT2D eigenvalue weighted by Gasteiger charge is -2.05. The molecule has 1 aromatic heterocycles. The van der Waals surface area contributed by atoms with Crippen molar-refractivity contribution in [2.45, 2.75) is 19.2 Å². The van der Waals surface area contributed by atoms with Gasteiger partial charge < -0.3 is 5.32 Å². The highest BCUT2D eigenvalue weighted by Crippen LogP contribution is 2.24. The van der Waals surface area contributed by atoms with E-state index < -0.39 is 5.38 Å². The maximum Gasteiger partial charge on any atom is 0.242 e. The molecule has 0 aliphatic rings. The van der Waals surface area contributed by atoms with Crippen LogP contribution >= 0.6 is 22.9 Å². The third kappa shape index (κ3) is 2.33. The molecule has 1 heterocycles. The average molecular weight is 255 g/mol. The fourth-order valence-corrected chi connectivity index (χ4v) is 2.28. The minimum absolute atomic E-state index is 0.192. The number of nitrogens with zero attached hydrogens (tertiary/aromatic N) is 1. The summed E-state index contributed by atoms with van der Waals surface area (Å²) in [6.45, 7) is 3.61. The summed E-state index contributed by atoms with van der Waals surface area (Å²) >= 11 is 7.29. The molecule has 16 heavy (non-hydrogen) atoms. The van der Waals surface area contributed by atoms with E-state index in [4.69, 9.17) is 11.6 Å². The van der Waals surface area contributed by atoms with Gasteiger partial charge in [0.15, 0.2) is 0 Å². The number of nitrogens with one attached hydrogen (secondary N) is 1. The highest BCUT2D eigenvalue weighted by Gasteiger charge is 2.09. The number of hydrogen-bond donors (Lipinski definition) is 1. The molecule has 0 saturated carbocycles. The van der Waals surface area contributed by atoms with Crippen LogP contribution in [0.1, 0.15) is 11.9 Å². The van der Waals surface area contributed by atoms with Gasteiger partial charge in [-0.3, -0.25) is 4.79 Å². The Hall–Kier alpha value is -1.13. The largest absolute Gasteiger partial charge is 0.325 e. The van der Waals surface area contributed by atoms with Gasteiger partial charge in [0, 0.05) is 5.69 Å². The third-order valence-electron chi connectivity index (χ3n) is 2.12. The summed E-state index contributed by atoms with van der Waals surface area (Å²) in [6.07, 6.45) is 0. The van der Waals surface area contributed by atoms with Gasteiger partial charge in [-0.05, 0) is 32.0 Å². The van der Waals surface area contributed by atoms with Gasteiger partial charge in [-0.2, -0.15) is 0 Å². The summed E-state index contributed by atoms with van der Waals surface area (Å²) in [6, 6.07) is 5.64. The number of halogens is 1. The van der Waals surface area contributed by atoms with E-state index in [9.17, 15) is 4.79 Å². The number of thiazole rings is 1. The first-order valence-corrected chi connectivity index (χ1v) is 6.13. The predicted molar refractivity (Wildman–Crippen MR) is 68.3 cm³/mol. The molecule has 84 valence electrons. The van der Waals surface area contributed by atoms with Gasteiger partial charge in [-0.15, -0.1) is 22.9 Å². The third-order valence-corrected chi connectivity index (χ3v) is 3.26. The second kappa shape index (κ2) is 4.39. The molecule has 1 N–H and O–H groups in total. The molecule has 0 spiro atoms. The van der Waals surface area contributed by atoms with Crippen LogP contribution in [0.15, 0.2) is 18.2 Å². The Balaban J connectivity index is 2.29. The molecule has 0 aliphatic heterocycles. The molecule has 1 unspecified atom stereocenters. The summed E-state index contributed by atoms with van der Waals surface area (Å²) in [5.41, 5.74) is 1.72. The predicted octanol–water partition coefficient (Wildman–Crippen LogP) is 3.17. The first kappa shape index (κ1) is 11.4. The lowest BCUT2D eigenvalue weighted by molar-refractivity contribution is -0.115.